The first-order valence-electron chi connectivity index (χ1n) is 10.4. The van der Waals surface area contributed by atoms with Crippen LogP contribution in [-0.4, -0.2) is 24.6 Å². The largest absolute Gasteiger partial charge is 0.489 e. The van der Waals surface area contributed by atoms with Crippen LogP contribution in [0.1, 0.15) is 75.1 Å². The summed E-state index contributed by atoms with van der Waals surface area (Å²) < 4.78 is 17.2. The molecule has 28 heavy (non-hydrogen) atoms. The van der Waals surface area contributed by atoms with Gasteiger partial charge < -0.3 is 14.2 Å². The normalized spacial score (nSPS) is 16.3. The minimum absolute atomic E-state index is 0.0274. The van der Waals surface area contributed by atoms with E-state index in [1.54, 1.807) is 0 Å². The number of carbonyl (C=O) groups is 2. The molecule has 0 N–H and O–H groups in total. The molecule has 0 spiro atoms. The standard InChI is InChI=1S/C23H34O5/c1-7-8-9-10-11-19(13-26-17(5)24)21-12-20-16(4)22(27-18(6)25)14(2)15(3)23(20)28-21/h19,21H,7-13H2,1-6H3. The molecule has 156 valence electrons. The summed E-state index contributed by atoms with van der Waals surface area (Å²) in [4.78, 5) is 22.9. The van der Waals surface area contributed by atoms with Crippen LogP contribution < -0.4 is 9.47 Å². The molecule has 2 unspecified atom stereocenters. The SMILES string of the molecule is CCCCCCC(COC(C)=O)C1Cc2c(C)c(OC(C)=O)c(C)c(C)c2O1. The van der Waals surface area contributed by atoms with Crippen molar-refractivity contribution in [3.63, 3.8) is 0 Å². The lowest BCUT2D eigenvalue weighted by Crippen LogP contribution is -2.30. The fourth-order valence-electron chi connectivity index (χ4n) is 3.95. The number of hydrogen-bond donors (Lipinski definition) is 0. The van der Waals surface area contributed by atoms with Gasteiger partial charge >= 0.3 is 11.9 Å². The Kier molecular flexibility index (Phi) is 7.90. The van der Waals surface area contributed by atoms with Crippen molar-refractivity contribution in [1.82, 2.24) is 0 Å². The topological polar surface area (TPSA) is 61.8 Å². The minimum Gasteiger partial charge on any atom is -0.489 e. The van der Waals surface area contributed by atoms with Crippen LogP contribution in [0.15, 0.2) is 0 Å². The number of benzene rings is 1. The Hall–Kier alpha value is -2.04. The molecule has 1 heterocycles. The van der Waals surface area contributed by atoms with Gasteiger partial charge in [-0.15, -0.1) is 0 Å². The van der Waals surface area contributed by atoms with Crippen LogP contribution >= 0.6 is 0 Å². The van der Waals surface area contributed by atoms with E-state index >= 15 is 0 Å². The van der Waals surface area contributed by atoms with E-state index < -0.39 is 0 Å². The first-order chi connectivity index (χ1) is 13.3. The maximum absolute atomic E-state index is 11.5. The highest BCUT2D eigenvalue weighted by molar-refractivity contribution is 5.72. The molecule has 2 rings (SSSR count). The van der Waals surface area contributed by atoms with Gasteiger partial charge in [-0.25, -0.2) is 0 Å². The van der Waals surface area contributed by atoms with Gasteiger partial charge in [-0.05, 0) is 43.9 Å². The molecule has 0 aliphatic carbocycles. The summed E-state index contributed by atoms with van der Waals surface area (Å²) in [5.41, 5.74) is 4.02. The van der Waals surface area contributed by atoms with E-state index in [1.807, 2.05) is 20.8 Å². The highest BCUT2D eigenvalue weighted by Gasteiger charge is 2.35. The Balaban J connectivity index is 2.22. The summed E-state index contributed by atoms with van der Waals surface area (Å²) in [6.45, 7) is 11.4. The van der Waals surface area contributed by atoms with Gasteiger partial charge in [0.15, 0.2) is 0 Å². The second-order valence-electron chi connectivity index (χ2n) is 7.88. The Morgan fingerprint density at radius 3 is 2.36 bits per heavy atom. The molecule has 0 saturated carbocycles. The summed E-state index contributed by atoms with van der Waals surface area (Å²) in [6.07, 6.45) is 6.38. The zero-order valence-corrected chi connectivity index (χ0v) is 18.1. The lowest BCUT2D eigenvalue weighted by atomic mass is 9.90. The quantitative estimate of drug-likeness (QED) is 0.338. The number of unbranched alkanes of at least 4 members (excludes halogenated alkanes) is 3. The van der Waals surface area contributed by atoms with Crippen LogP contribution in [0.3, 0.4) is 0 Å². The van der Waals surface area contributed by atoms with Crippen molar-refractivity contribution in [3.05, 3.63) is 22.3 Å². The van der Waals surface area contributed by atoms with Crippen molar-refractivity contribution >= 4 is 11.9 Å². The van der Waals surface area contributed by atoms with Crippen LogP contribution in [-0.2, 0) is 20.7 Å². The van der Waals surface area contributed by atoms with Crippen LogP contribution in [0.25, 0.3) is 0 Å². The van der Waals surface area contributed by atoms with Gasteiger partial charge in [0.25, 0.3) is 0 Å². The Bertz CT molecular complexity index is 722. The Labute approximate surface area is 168 Å². The second-order valence-corrected chi connectivity index (χ2v) is 7.88. The molecule has 5 heteroatoms. The lowest BCUT2D eigenvalue weighted by molar-refractivity contribution is -0.143. The minimum atomic E-state index is -0.315. The first-order valence-corrected chi connectivity index (χ1v) is 10.4. The molecule has 0 aromatic heterocycles. The second kappa shape index (κ2) is 9.94. The monoisotopic (exact) mass is 390 g/mol. The van der Waals surface area contributed by atoms with Gasteiger partial charge in [0.1, 0.15) is 17.6 Å². The molecular weight excluding hydrogens is 356 g/mol. The average molecular weight is 391 g/mol. The van der Waals surface area contributed by atoms with Crippen molar-refractivity contribution in [2.75, 3.05) is 6.61 Å². The number of ether oxygens (including phenoxy) is 3. The van der Waals surface area contributed by atoms with E-state index in [0.29, 0.717) is 12.4 Å². The summed E-state index contributed by atoms with van der Waals surface area (Å²) in [7, 11) is 0. The van der Waals surface area contributed by atoms with Gasteiger partial charge in [-0.2, -0.15) is 0 Å². The highest BCUT2D eigenvalue weighted by atomic mass is 16.5. The fraction of sp³-hybridized carbons (Fsp3) is 0.652. The molecule has 1 aromatic rings. The number of hydrogen-bond acceptors (Lipinski definition) is 5. The predicted molar refractivity (Wildman–Crippen MR) is 109 cm³/mol. The number of rotatable bonds is 9. The molecule has 1 aliphatic rings. The lowest BCUT2D eigenvalue weighted by Gasteiger charge is -2.23. The maximum atomic E-state index is 11.5. The van der Waals surface area contributed by atoms with Crippen molar-refractivity contribution in [1.29, 1.82) is 0 Å². The first kappa shape index (κ1) is 22.3. The molecule has 0 fully saturated rings. The van der Waals surface area contributed by atoms with Gasteiger partial charge in [0.2, 0.25) is 0 Å². The van der Waals surface area contributed by atoms with Gasteiger partial charge in [-0.3, -0.25) is 9.59 Å². The summed E-state index contributed by atoms with van der Waals surface area (Å²) in [5.74, 6) is 1.13. The number of esters is 2. The van der Waals surface area contributed by atoms with Crippen LogP contribution in [0.2, 0.25) is 0 Å². The Morgan fingerprint density at radius 2 is 1.75 bits per heavy atom. The van der Waals surface area contributed by atoms with E-state index in [1.165, 1.54) is 33.1 Å². The van der Waals surface area contributed by atoms with Crippen molar-refractivity contribution < 1.29 is 23.8 Å². The molecule has 1 aliphatic heterocycles. The van der Waals surface area contributed by atoms with Crippen molar-refractivity contribution in [2.45, 2.75) is 86.2 Å². The molecule has 0 radical (unpaired) electrons. The third-order valence-corrected chi connectivity index (χ3v) is 5.69. The van der Waals surface area contributed by atoms with Crippen molar-refractivity contribution in [3.8, 4) is 11.5 Å². The number of carbonyl (C=O) groups excluding carboxylic acids is 2. The Morgan fingerprint density at radius 1 is 1.04 bits per heavy atom. The molecule has 0 saturated heterocycles. The van der Waals surface area contributed by atoms with E-state index in [2.05, 4.69) is 6.92 Å². The maximum Gasteiger partial charge on any atom is 0.308 e. The molecule has 0 bridgehead atoms. The summed E-state index contributed by atoms with van der Waals surface area (Å²) in [5, 5.41) is 0. The highest BCUT2D eigenvalue weighted by Crippen LogP contribution is 2.44. The summed E-state index contributed by atoms with van der Waals surface area (Å²) >= 11 is 0. The number of fused-ring (bicyclic) bond motifs is 1. The average Bonchev–Trinajstić information content (AvgIpc) is 3.08. The fourth-order valence-corrected chi connectivity index (χ4v) is 3.95. The van der Waals surface area contributed by atoms with Gasteiger partial charge in [-0.1, -0.05) is 32.6 Å². The van der Waals surface area contributed by atoms with Crippen LogP contribution in [0.5, 0.6) is 11.5 Å². The zero-order valence-electron chi connectivity index (χ0n) is 18.1. The third kappa shape index (κ3) is 5.27. The van der Waals surface area contributed by atoms with E-state index in [4.69, 9.17) is 14.2 Å². The van der Waals surface area contributed by atoms with Crippen molar-refractivity contribution in [2.24, 2.45) is 5.92 Å². The predicted octanol–water partition coefficient (Wildman–Crippen LogP) is 4.99. The van der Waals surface area contributed by atoms with Gasteiger partial charge in [0, 0.05) is 31.7 Å². The van der Waals surface area contributed by atoms with E-state index in [9.17, 15) is 9.59 Å². The molecule has 0 amide bonds. The third-order valence-electron chi connectivity index (χ3n) is 5.69. The molecule has 5 nitrogen and oxygen atoms in total. The van der Waals surface area contributed by atoms with Crippen LogP contribution in [0.4, 0.5) is 0 Å². The molecule has 1 aromatic carbocycles. The van der Waals surface area contributed by atoms with E-state index in [0.717, 1.165) is 47.3 Å². The zero-order chi connectivity index (χ0) is 20.8. The van der Waals surface area contributed by atoms with Crippen LogP contribution in [0, 0.1) is 26.7 Å². The van der Waals surface area contributed by atoms with Gasteiger partial charge in [0.05, 0.1) is 6.61 Å². The molecule has 2 atom stereocenters. The molecular formula is C23H34O5. The smallest absolute Gasteiger partial charge is 0.308 e. The van der Waals surface area contributed by atoms with E-state index in [-0.39, 0.29) is 24.0 Å². The summed E-state index contributed by atoms with van der Waals surface area (Å²) in [6, 6.07) is 0.